The predicted octanol–water partition coefficient (Wildman–Crippen LogP) is 4.77. The van der Waals surface area contributed by atoms with E-state index in [0.29, 0.717) is 70.5 Å². The van der Waals surface area contributed by atoms with Crippen molar-refractivity contribution < 1.29 is 27.9 Å². The molecule has 5 heterocycles. The van der Waals surface area contributed by atoms with Crippen LogP contribution in [0.5, 0.6) is 5.75 Å². The van der Waals surface area contributed by atoms with Gasteiger partial charge in [-0.15, -0.1) is 0 Å². The molecule has 15 heteroatoms. The molecule has 2 aliphatic heterocycles. The smallest absolute Gasteiger partial charge is 0.423 e. The molecule has 0 unspecified atom stereocenters. The Balaban J connectivity index is 1.30. The number of nitrogens with zero attached hydrogens (tertiary/aromatic N) is 6. The zero-order valence-electron chi connectivity index (χ0n) is 26.1. The summed E-state index contributed by atoms with van der Waals surface area (Å²) < 4.78 is 36.9. The fourth-order valence-corrected chi connectivity index (χ4v) is 6.65. The summed E-state index contributed by atoms with van der Waals surface area (Å²) in [6.45, 7) is 1.54. The molecular formula is C33H33ClF2N8O4. The summed E-state index contributed by atoms with van der Waals surface area (Å²) >= 11 is 5.93. The molecule has 3 aromatic heterocycles. The van der Waals surface area contributed by atoms with E-state index in [2.05, 4.69) is 15.4 Å². The van der Waals surface area contributed by atoms with Crippen LogP contribution in [0.15, 0.2) is 42.7 Å². The van der Waals surface area contributed by atoms with Crippen LogP contribution in [0.25, 0.3) is 22.2 Å². The van der Waals surface area contributed by atoms with Gasteiger partial charge in [-0.05, 0) is 73.8 Å². The Morgan fingerprint density at radius 2 is 1.88 bits per heavy atom. The van der Waals surface area contributed by atoms with Crippen LogP contribution >= 0.6 is 11.6 Å². The normalized spacial score (nSPS) is 17.7. The van der Waals surface area contributed by atoms with Crippen molar-refractivity contribution in [3.05, 3.63) is 64.7 Å². The highest BCUT2D eigenvalue weighted by Gasteiger charge is 2.50. The first-order valence-electron chi connectivity index (χ1n) is 15.8. The van der Waals surface area contributed by atoms with Gasteiger partial charge in [0, 0.05) is 43.8 Å². The molecule has 3 N–H and O–H groups in total. The topological polar surface area (TPSA) is 149 Å². The number of amides is 4. The van der Waals surface area contributed by atoms with Crippen LogP contribution in [0.4, 0.5) is 19.3 Å². The number of urea groups is 1. The van der Waals surface area contributed by atoms with Crippen molar-refractivity contribution in [1.82, 2.24) is 30.0 Å². The zero-order valence-corrected chi connectivity index (χ0v) is 26.8. The molecule has 250 valence electrons. The number of likely N-dealkylation sites (tertiary alicyclic amines) is 1. The van der Waals surface area contributed by atoms with E-state index in [4.69, 9.17) is 27.1 Å². The van der Waals surface area contributed by atoms with E-state index in [1.807, 2.05) is 4.68 Å². The summed E-state index contributed by atoms with van der Waals surface area (Å²) in [4.78, 5) is 49.8. The maximum Gasteiger partial charge on any atom is 0.482 e. The lowest BCUT2D eigenvalue weighted by Gasteiger charge is -2.33. The molecule has 0 bridgehead atoms. The molecule has 0 spiro atoms. The van der Waals surface area contributed by atoms with Crippen LogP contribution < -0.4 is 20.7 Å². The number of pyridine rings is 2. The number of carbonyl (C=O) groups excluding carboxylic acids is 3. The lowest BCUT2D eigenvalue weighted by atomic mass is 9.93. The van der Waals surface area contributed by atoms with Crippen LogP contribution in [-0.2, 0) is 24.3 Å². The number of nitrogens with one attached hydrogen (secondary N) is 1. The van der Waals surface area contributed by atoms with Gasteiger partial charge in [-0.25, -0.2) is 14.5 Å². The number of primary amides is 1. The molecular weight excluding hydrogens is 646 g/mol. The van der Waals surface area contributed by atoms with Crippen LogP contribution in [0.1, 0.15) is 47.4 Å². The van der Waals surface area contributed by atoms with Crippen molar-refractivity contribution in [2.45, 2.75) is 51.3 Å². The number of hydrogen-bond acceptors (Lipinski definition) is 7. The molecule has 3 aliphatic rings. The summed E-state index contributed by atoms with van der Waals surface area (Å²) in [5, 5.41) is 8.23. The average Bonchev–Trinajstić information content (AvgIpc) is 3.80. The number of anilines is 1. The van der Waals surface area contributed by atoms with E-state index in [-0.39, 0.29) is 35.5 Å². The van der Waals surface area contributed by atoms with E-state index in [0.717, 1.165) is 30.6 Å². The van der Waals surface area contributed by atoms with Crippen molar-refractivity contribution in [1.29, 1.82) is 0 Å². The van der Waals surface area contributed by atoms with Crippen molar-refractivity contribution in [2.24, 2.45) is 17.6 Å². The summed E-state index contributed by atoms with van der Waals surface area (Å²) in [5.41, 5.74) is 8.55. The van der Waals surface area contributed by atoms with Gasteiger partial charge in [-0.2, -0.15) is 13.9 Å². The molecule has 1 aliphatic carbocycles. The molecule has 1 saturated heterocycles. The highest BCUT2D eigenvalue weighted by Crippen LogP contribution is 2.45. The van der Waals surface area contributed by atoms with Gasteiger partial charge < -0.3 is 20.7 Å². The fraction of sp³-hybridized carbons (Fsp3) is 0.394. The minimum atomic E-state index is -4.15. The van der Waals surface area contributed by atoms with Crippen molar-refractivity contribution in [2.75, 3.05) is 25.0 Å². The first kappa shape index (κ1) is 31.7. The van der Waals surface area contributed by atoms with E-state index in [9.17, 15) is 14.4 Å². The number of fused-ring (bicyclic) bond motifs is 2. The molecule has 7 rings (SSSR count). The maximum absolute atomic E-state index is 15.0. The second-order valence-electron chi connectivity index (χ2n) is 12.5. The monoisotopic (exact) mass is 678 g/mol. The molecule has 1 aromatic carbocycles. The van der Waals surface area contributed by atoms with E-state index in [1.54, 1.807) is 36.3 Å². The third-order valence-electron chi connectivity index (χ3n) is 9.21. The predicted molar refractivity (Wildman–Crippen MR) is 173 cm³/mol. The minimum Gasteiger partial charge on any atom is -0.423 e. The first-order chi connectivity index (χ1) is 23.0. The third-order valence-corrected chi connectivity index (χ3v) is 9.44. The number of benzene rings is 1. The number of ether oxygens (including phenoxy) is 1. The number of hydrogen-bond donors (Lipinski definition) is 2. The summed E-state index contributed by atoms with van der Waals surface area (Å²) in [6.07, 6.45) is 2.95. The van der Waals surface area contributed by atoms with E-state index in [1.165, 1.54) is 18.3 Å². The van der Waals surface area contributed by atoms with E-state index >= 15 is 8.78 Å². The standard InChI is InChI=1S/C33H33ClF2N8O4/c1-38-32(47)42-10-8-19(9-11-42)16-44-30-23(15-40-44)27(28(29(37)45)24(41-30)12-18-2-3-18)20-4-7-25-26(13-20)48-33(35,36)31(46)43(25)17-22-6-5-21(34)14-39-22/h4-7,13-15,18-19H,2-3,8-12,16-17H2,1H3,(H2,37,45)(H,38,47). The van der Waals surface area contributed by atoms with Crippen molar-refractivity contribution >= 4 is 46.2 Å². The summed E-state index contributed by atoms with van der Waals surface area (Å²) in [6, 6.07) is 7.56. The zero-order chi connectivity index (χ0) is 33.7. The quantitative estimate of drug-likeness (QED) is 0.273. The number of piperidine rings is 1. The van der Waals surface area contributed by atoms with Gasteiger partial charge in [0.15, 0.2) is 11.4 Å². The van der Waals surface area contributed by atoms with Gasteiger partial charge in [0.05, 0.1) is 40.4 Å². The Morgan fingerprint density at radius 3 is 2.54 bits per heavy atom. The second kappa shape index (κ2) is 12.3. The molecule has 4 aromatic rings. The SMILES string of the molecule is CNC(=O)N1CCC(Cn2ncc3c(-c4ccc5c(c4)OC(F)(F)C(=O)N5Cc4ccc(Cl)cn4)c(C(N)=O)c(CC4CC4)nc32)CC1. The Hall–Kier alpha value is -4.85. The van der Waals surface area contributed by atoms with Gasteiger partial charge in [-0.3, -0.25) is 19.5 Å². The largest absolute Gasteiger partial charge is 0.482 e. The van der Waals surface area contributed by atoms with Gasteiger partial charge in [0.25, 0.3) is 5.91 Å². The summed E-state index contributed by atoms with van der Waals surface area (Å²) in [5.74, 6) is -1.87. The maximum atomic E-state index is 15.0. The molecule has 1 saturated carbocycles. The lowest BCUT2D eigenvalue weighted by molar-refractivity contribution is -0.193. The number of halogens is 3. The number of alkyl halides is 2. The number of aromatic nitrogens is 4. The van der Waals surface area contributed by atoms with Gasteiger partial charge in [0.2, 0.25) is 0 Å². The van der Waals surface area contributed by atoms with Gasteiger partial charge >= 0.3 is 18.0 Å². The van der Waals surface area contributed by atoms with Gasteiger partial charge in [-0.1, -0.05) is 17.7 Å². The van der Waals surface area contributed by atoms with Gasteiger partial charge in [0.1, 0.15) is 0 Å². The number of nitrogens with two attached hydrogens (primary N) is 1. The Bertz CT molecular complexity index is 1920. The van der Waals surface area contributed by atoms with Crippen molar-refractivity contribution in [3.8, 4) is 16.9 Å². The Labute approximate surface area is 279 Å². The van der Waals surface area contributed by atoms with Crippen LogP contribution in [0, 0.1) is 11.8 Å². The van der Waals surface area contributed by atoms with E-state index < -0.39 is 17.9 Å². The summed E-state index contributed by atoms with van der Waals surface area (Å²) in [7, 11) is 1.61. The Kier molecular flexibility index (Phi) is 8.14. The average molecular weight is 679 g/mol. The number of rotatable bonds is 8. The van der Waals surface area contributed by atoms with Crippen LogP contribution in [0.3, 0.4) is 0 Å². The molecule has 0 radical (unpaired) electrons. The highest BCUT2D eigenvalue weighted by molar-refractivity contribution is 6.30. The third kappa shape index (κ3) is 6.00. The molecule has 48 heavy (non-hydrogen) atoms. The second-order valence-corrected chi connectivity index (χ2v) is 13.0. The molecule has 4 amide bonds. The molecule has 0 atom stereocenters. The molecule has 12 nitrogen and oxygen atoms in total. The molecule has 2 fully saturated rings. The minimum absolute atomic E-state index is 0.103. The number of carbonyl (C=O) groups is 3. The fourth-order valence-electron chi connectivity index (χ4n) is 6.54. The first-order valence-corrected chi connectivity index (χ1v) is 16.2. The van der Waals surface area contributed by atoms with Crippen molar-refractivity contribution in [3.63, 3.8) is 0 Å². The van der Waals surface area contributed by atoms with Crippen LogP contribution in [0.2, 0.25) is 5.02 Å². The Morgan fingerprint density at radius 1 is 1.10 bits per heavy atom. The highest BCUT2D eigenvalue weighted by atomic mass is 35.5. The lowest BCUT2D eigenvalue weighted by Crippen LogP contribution is -2.50. The van der Waals surface area contributed by atoms with Crippen LogP contribution in [-0.4, -0.2) is 68.7 Å².